The zero-order valence-electron chi connectivity index (χ0n) is 24.3. The highest BCUT2D eigenvalue weighted by atomic mass is 35.5. The fraction of sp³-hybridized carbons (Fsp3) is 0.424. The van der Waals surface area contributed by atoms with Gasteiger partial charge in [-0.3, -0.25) is 9.69 Å². The lowest BCUT2D eigenvalue weighted by Crippen LogP contribution is -2.54. The summed E-state index contributed by atoms with van der Waals surface area (Å²) in [6.07, 6.45) is 2.94. The number of nitrogens with zero attached hydrogens (tertiary/aromatic N) is 2. The summed E-state index contributed by atoms with van der Waals surface area (Å²) in [5.41, 5.74) is 1.22. The van der Waals surface area contributed by atoms with E-state index in [1.165, 1.54) is 11.8 Å². The van der Waals surface area contributed by atoms with Crippen LogP contribution in [0.5, 0.6) is 0 Å². The molecular weight excluding hydrogens is 623 g/mol. The summed E-state index contributed by atoms with van der Waals surface area (Å²) in [6, 6.07) is 23.6. The molecule has 2 aliphatic rings. The molecule has 0 aromatic heterocycles. The third-order valence-corrected chi connectivity index (χ3v) is 14.1. The number of rotatable bonds is 9. The Hall–Kier alpha value is -2.07. The minimum absolute atomic E-state index is 0.0132. The standard InChI is InChI=1S/C33H38Cl2N2O4S2/c1-32(37-20-15-27(38)16-21-37,43(40,41)28-11-6-3-7-12-28)42-22-18-33(26-13-14-29(34)30(35)23-26)17-8-19-36(24-33)31(39)25-9-4-2-5-10-25/h2-7,9-14,23,27,38H,8,15-22,24H2,1H3. The minimum atomic E-state index is -3.77. The second kappa shape index (κ2) is 13.5. The van der Waals surface area contributed by atoms with Crippen molar-refractivity contribution < 1.29 is 18.3 Å². The highest BCUT2D eigenvalue weighted by Crippen LogP contribution is 2.45. The Morgan fingerprint density at radius 3 is 2.28 bits per heavy atom. The van der Waals surface area contributed by atoms with Crippen molar-refractivity contribution in [3.05, 3.63) is 100 Å². The van der Waals surface area contributed by atoms with Gasteiger partial charge in [-0.05, 0) is 86.7 Å². The highest BCUT2D eigenvalue weighted by Gasteiger charge is 2.48. The molecule has 0 spiro atoms. The first-order valence-electron chi connectivity index (χ1n) is 14.7. The van der Waals surface area contributed by atoms with Gasteiger partial charge in [0, 0.05) is 37.2 Å². The largest absolute Gasteiger partial charge is 0.393 e. The maximum absolute atomic E-state index is 14.2. The average molecular weight is 662 g/mol. The first-order chi connectivity index (χ1) is 20.6. The smallest absolute Gasteiger partial charge is 0.253 e. The van der Waals surface area contributed by atoms with Gasteiger partial charge in [-0.25, -0.2) is 8.42 Å². The minimum Gasteiger partial charge on any atom is -0.393 e. The van der Waals surface area contributed by atoms with E-state index in [0.29, 0.717) is 66.8 Å². The van der Waals surface area contributed by atoms with Crippen molar-refractivity contribution in [3.63, 3.8) is 0 Å². The van der Waals surface area contributed by atoms with Crippen LogP contribution in [0.1, 0.15) is 54.9 Å². The number of aliphatic hydroxyl groups excluding tert-OH is 1. The van der Waals surface area contributed by atoms with Crippen molar-refractivity contribution in [2.45, 2.75) is 59.6 Å². The number of halogens is 2. The predicted octanol–water partition coefficient (Wildman–Crippen LogP) is 6.90. The average Bonchev–Trinajstić information content (AvgIpc) is 3.03. The van der Waals surface area contributed by atoms with Crippen LogP contribution in [0.4, 0.5) is 0 Å². The van der Waals surface area contributed by atoms with E-state index in [2.05, 4.69) is 0 Å². The number of carbonyl (C=O) groups excluding carboxylic acids is 1. The molecule has 1 N–H and O–H groups in total. The Morgan fingerprint density at radius 1 is 0.977 bits per heavy atom. The molecule has 2 heterocycles. The Labute approximate surface area is 269 Å². The third-order valence-electron chi connectivity index (χ3n) is 8.96. The highest BCUT2D eigenvalue weighted by molar-refractivity contribution is 8.14. The molecular formula is C33H38Cl2N2O4S2. The van der Waals surface area contributed by atoms with Crippen molar-refractivity contribution in [1.29, 1.82) is 0 Å². The van der Waals surface area contributed by atoms with Crippen LogP contribution in [0.3, 0.4) is 0 Å². The van der Waals surface area contributed by atoms with Gasteiger partial charge in [0.2, 0.25) is 9.84 Å². The molecule has 2 saturated heterocycles. The third kappa shape index (κ3) is 6.80. The lowest BCUT2D eigenvalue weighted by molar-refractivity contribution is 0.0631. The molecule has 230 valence electrons. The van der Waals surface area contributed by atoms with Gasteiger partial charge in [0.1, 0.15) is 0 Å². The number of amides is 1. The second-order valence-corrected chi connectivity index (χ2v) is 16.5. The maximum atomic E-state index is 14.2. The first kappa shape index (κ1) is 32.3. The number of likely N-dealkylation sites (tertiary alicyclic amines) is 2. The van der Waals surface area contributed by atoms with E-state index in [4.69, 9.17) is 23.2 Å². The van der Waals surface area contributed by atoms with E-state index >= 15 is 0 Å². The van der Waals surface area contributed by atoms with Crippen molar-refractivity contribution >= 4 is 50.7 Å². The van der Waals surface area contributed by atoms with Crippen LogP contribution in [0.15, 0.2) is 83.8 Å². The van der Waals surface area contributed by atoms with Gasteiger partial charge in [-0.1, -0.05) is 65.7 Å². The summed E-state index contributed by atoms with van der Waals surface area (Å²) in [4.78, 5) is 17.8. The van der Waals surface area contributed by atoms with E-state index in [9.17, 15) is 18.3 Å². The molecule has 2 aliphatic heterocycles. The van der Waals surface area contributed by atoms with Gasteiger partial charge in [0.05, 0.1) is 21.0 Å². The Balaban J connectivity index is 1.45. The summed E-state index contributed by atoms with van der Waals surface area (Å²) in [6.45, 7) is 3.94. The molecule has 2 fully saturated rings. The number of aliphatic hydroxyl groups is 1. The molecule has 0 saturated carbocycles. The molecule has 2 atom stereocenters. The summed E-state index contributed by atoms with van der Waals surface area (Å²) >= 11 is 14.2. The van der Waals surface area contributed by atoms with E-state index in [1.54, 1.807) is 37.3 Å². The Morgan fingerprint density at radius 2 is 1.63 bits per heavy atom. The number of hydrogen-bond acceptors (Lipinski definition) is 6. The number of benzene rings is 3. The molecule has 0 bridgehead atoms. The predicted molar refractivity (Wildman–Crippen MR) is 176 cm³/mol. The Bertz CT molecular complexity index is 1520. The summed E-state index contributed by atoms with van der Waals surface area (Å²) in [5, 5.41) is 11.1. The summed E-state index contributed by atoms with van der Waals surface area (Å²) in [5.74, 6) is 0.524. The van der Waals surface area contributed by atoms with Crippen LogP contribution < -0.4 is 0 Å². The van der Waals surface area contributed by atoms with Gasteiger partial charge in [-0.2, -0.15) is 0 Å². The molecule has 6 nitrogen and oxygen atoms in total. The number of sulfone groups is 1. The van der Waals surface area contributed by atoms with Crippen molar-refractivity contribution in [2.75, 3.05) is 31.9 Å². The van der Waals surface area contributed by atoms with Crippen LogP contribution in [0.2, 0.25) is 10.0 Å². The van der Waals surface area contributed by atoms with Crippen LogP contribution >= 0.6 is 35.0 Å². The quantitative estimate of drug-likeness (QED) is 0.269. The van der Waals surface area contributed by atoms with Gasteiger partial charge in [0.25, 0.3) is 5.91 Å². The monoisotopic (exact) mass is 660 g/mol. The molecule has 5 rings (SSSR count). The molecule has 2 unspecified atom stereocenters. The lowest BCUT2D eigenvalue weighted by Gasteiger charge is -2.46. The van der Waals surface area contributed by atoms with Gasteiger partial charge < -0.3 is 10.0 Å². The number of hydrogen-bond donors (Lipinski definition) is 1. The number of thioether (sulfide) groups is 1. The fourth-order valence-electron chi connectivity index (χ4n) is 6.34. The number of piperidine rings is 2. The van der Waals surface area contributed by atoms with Crippen molar-refractivity contribution in [3.8, 4) is 0 Å². The lowest BCUT2D eigenvalue weighted by atomic mass is 9.72. The van der Waals surface area contributed by atoms with E-state index in [-0.39, 0.29) is 10.8 Å². The molecule has 1 amide bonds. The van der Waals surface area contributed by atoms with E-state index < -0.39 is 25.6 Å². The van der Waals surface area contributed by atoms with Crippen molar-refractivity contribution in [2.24, 2.45) is 0 Å². The van der Waals surface area contributed by atoms with E-state index in [0.717, 1.165) is 18.4 Å². The van der Waals surface area contributed by atoms with Crippen LogP contribution in [-0.2, 0) is 15.3 Å². The molecule has 0 radical (unpaired) electrons. The van der Waals surface area contributed by atoms with Crippen LogP contribution in [0.25, 0.3) is 0 Å². The molecule has 3 aromatic rings. The maximum Gasteiger partial charge on any atom is 0.253 e. The fourth-order valence-corrected chi connectivity index (χ4v) is 10.5. The normalized spacial score (nSPS) is 21.8. The summed E-state index contributed by atoms with van der Waals surface area (Å²) < 4.78 is 27.2. The first-order valence-corrected chi connectivity index (χ1v) is 17.9. The van der Waals surface area contributed by atoms with Crippen LogP contribution in [-0.4, -0.2) is 71.5 Å². The number of carbonyl (C=O) groups is 1. The van der Waals surface area contributed by atoms with Crippen molar-refractivity contribution in [1.82, 2.24) is 9.80 Å². The SMILES string of the molecule is CC(SCCC1(c2ccc(Cl)c(Cl)c2)CCCN(C(=O)c2ccccc2)C1)(N1CCC(O)CC1)S(=O)(=O)c1ccccc1. The van der Waals surface area contributed by atoms with Gasteiger partial charge >= 0.3 is 0 Å². The zero-order valence-corrected chi connectivity index (χ0v) is 27.4. The topological polar surface area (TPSA) is 77.9 Å². The second-order valence-electron chi connectivity index (χ2n) is 11.6. The Kier molecular flexibility index (Phi) is 10.2. The van der Waals surface area contributed by atoms with Gasteiger partial charge in [0.15, 0.2) is 4.20 Å². The van der Waals surface area contributed by atoms with E-state index in [1.807, 2.05) is 58.3 Å². The zero-order chi connectivity index (χ0) is 30.7. The molecule has 10 heteroatoms. The molecule has 43 heavy (non-hydrogen) atoms. The summed E-state index contributed by atoms with van der Waals surface area (Å²) in [7, 11) is -3.77. The van der Waals surface area contributed by atoms with Crippen LogP contribution in [0, 0.1) is 0 Å². The molecule has 0 aliphatic carbocycles. The molecule has 3 aromatic carbocycles. The van der Waals surface area contributed by atoms with Gasteiger partial charge in [-0.15, -0.1) is 11.8 Å².